The summed E-state index contributed by atoms with van der Waals surface area (Å²) in [6.45, 7) is 0. The van der Waals surface area contributed by atoms with Gasteiger partial charge < -0.3 is 10.3 Å². The maximum Gasteiger partial charge on any atom is 0.283 e. The summed E-state index contributed by atoms with van der Waals surface area (Å²) in [5.74, 6) is -0.277. The molecule has 1 heterocycles. The van der Waals surface area contributed by atoms with E-state index in [0.29, 0.717) is 16.6 Å². The molecule has 17 heavy (non-hydrogen) atoms. The number of rotatable bonds is 2. The van der Waals surface area contributed by atoms with E-state index in [0.717, 1.165) is 0 Å². The average molecular weight is 256 g/mol. The number of carbonyl (C=O) groups excluding carboxylic acids is 1. The van der Waals surface area contributed by atoms with E-state index in [1.807, 2.05) is 0 Å². The Kier molecular flexibility index (Phi) is 2.87. The molecule has 0 aliphatic heterocycles. The van der Waals surface area contributed by atoms with Gasteiger partial charge in [0.05, 0.1) is 0 Å². The van der Waals surface area contributed by atoms with Gasteiger partial charge in [-0.15, -0.1) is 0 Å². The third-order valence-electron chi connectivity index (χ3n) is 2.48. The number of halogens is 2. The number of aromatic amines is 1. The van der Waals surface area contributed by atoms with Gasteiger partial charge in [0.2, 0.25) is 0 Å². The van der Waals surface area contributed by atoms with Gasteiger partial charge >= 0.3 is 0 Å². The molecule has 1 amide bonds. The molecule has 0 fully saturated rings. The minimum Gasteiger partial charge on any atom is -0.354 e. The van der Waals surface area contributed by atoms with E-state index >= 15 is 0 Å². The fourth-order valence-corrected chi connectivity index (χ4v) is 1.78. The highest BCUT2D eigenvalue weighted by Gasteiger charge is 2.24. The molecule has 1 atom stereocenters. The molecule has 1 aromatic carbocycles. The van der Waals surface area contributed by atoms with Gasteiger partial charge in [-0.2, -0.15) is 8.78 Å². The van der Waals surface area contributed by atoms with Crippen LogP contribution in [0.1, 0.15) is 16.1 Å². The number of aromatic nitrogens is 1. The maximum atomic E-state index is 13.1. The molecule has 90 valence electrons. The molecule has 0 aliphatic rings. The summed E-state index contributed by atoms with van der Waals surface area (Å²) in [7, 11) is 3.00. The van der Waals surface area contributed by atoms with Crippen LogP contribution in [0.2, 0.25) is 0 Å². The summed E-state index contributed by atoms with van der Waals surface area (Å²) in [5.41, 5.74) is -2.05. The van der Waals surface area contributed by atoms with Crippen molar-refractivity contribution in [1.82, 2.24) is 10.3 Å². The Bertz CT molecular complexity index is 574. The average Bonchev–Trinajstić information content (AvgIpc) is 2.69. The van der Waals surface area contributed by atoms with Gasteiger partial charge in [-0.3, -0.25) is 4.79 Å². The molecule has 2 N–H and O–H groups in total. The molecule has 2 rings (SSSR count). The first kappa shape index (κ1) is 12.0. The topological polar surface area (TPSA) is 44.9 Å². The van der Waals surface area contributed by atoms with Crippen LogP contribution in [-0.2, 0) is 5.66 Å². The lowest BCUT2D eigenvalue weighted by Crippen LogP contribution is -2.17. The highest BCUT2D eigenvalue weighted by Crippen LogP contribution is 2.36. The normalized spacial score (nSPS) is 11.8. The molecule has 1 aromatic heterocycles. The minimum atomic E-state index is -2.96. The molecule has 0 bridgehead atoms. The number of hydrogen-bond donors (Lipinski definition) is 2. The van der Waals surface area contributed by atoms with E-state index in [4.69, 9.17) is 0 Å². The zero-order valence-electron chi connectivity index (χ0n) is 9.05. The fourth-order valence-electron chi connectivity index (χ4n) is 1.60. The summed E-state index contributed by atoms with van der Waals surface area (Å²) in [5, 5.41) is 3.05. The standard InChI is InChI=1S/C11H11F2N2OP/c1-14-10(16)9-5-6-4-7(11(12,13)17)2-3-8(6)15-9/h2-5,15H,17H2,1H3,(H,14,16). The zero-order chi connectivity index (χ0) is 12.6. The smallest absolute Gasteiger partial charge is 0.283 e. The highest BCUT2D eigenvalue weighted by atomic mass is 31.0. The summed E-state index contributed by atoms with van der Waals surface area (Å²) >= 11 is 0. The highest BCUT2D eigenvalue weighted by molar-refractivity contribution is 7.17. The molecule has 0 saturated heterocycles. The van der Waals surface area contributed by atoms with Crippen LogP contribution in [0.15, 0.2) is 24.3 Å². The van der Waals surface area contributed by atoms with Crippen LogP contribution in [0.3, 0.4) is 0 Å². The van der Waals surface area contributed by atoms with Gasteiger partial charge in [0.1, 0.15) is 5.69 Å². The van der Waals surface area contributed by atoms with Crippen LogP contribution in [0.25, 0.3) is 10.9 Å². The molecule has 3 nitrogen and oxygen atoms in total. The number of benzene rings is 1. The van der Waals surface area contributed by atoms with Crippen LogP contribution in [0.5, 0.6) is 0 Å². The second kappa shape index (κ2) is 4.08. The SMILES string of the molecule is CNC(=O)c1cc2cc(C(F)(F)P)ccc2[nH]1. The quantitative estimate of drug-likeness (QED) is 0.796. The summed E-state index contributed by atoms with van der Waals surface area (Å²) < 4.78 is 26.2. The first-order valence-corrected chi connectivity index (χ1v) is 5.51. The Labute approximate surface area is 98.8 Å². The predicted octanol–water partition coefficient (Wildman–Crippen LogP) is 2.45. The van der Waals surface area contributed by atoms with Crippen molar-refractivity contribution in [1.29, 1.82) is 0 Å². The molecule has 2 aromatic rings. The summed E-state index contributed by atoms with van der Waals surface area (Å²) in [6.07, 6.45) is 0. The summed E-state index contributed by atoms with van der Waals surface area (Å²) in [6, 6.07) is 5.79. The molecular weight excluding hydrogens is 245 g/mol. The number of nitrogens with one attached hydrogen (secondary N) is 2. The van der Waals surface area contributed by atoms with Crippen molar-refractivity contribution in [2.45, 2.75) is 5.66 Å². The fraction of sp³-hybridized carbons (Fsp3) is 0.182. The van der Waals surface area contributed by atoms with Crippen molar-refractivity contribution < 1.29 is 13.6 Å². The van der Waals surface area contributed by atoms with E-state index in [-0.39, 0.29) is 11.5 Å². The number of hydrogen-bond acceptors (Lipinski definition) is 1. The molecule has 0 spiro atoms. The van der Waals surface area contributed by atoms with Crippen molar-refractivity contribution in [2.75, 3.05) is 7.05 Å². The van der Waals surface area contributed by atoms with Crippen molar-refractivity contribution >= 4 is 26.0 Å². The third kappa shape index (κ3) is 2.29. The largest absolute Gasteiger partial charge is 0.354 e. The number of carbonyl (C=O) groups is 1. The molecule has 0 aliphatic carbocycles. The van der Waals surface area contributed by atoms with Crippen molar-refractivity contribution in [3.63, 3.8) is 0 Å². The lowest BCUT2D eigenvalue weighted by Gasteiger charge is -2.09. The third-order valence-corrected chi connectivity index (χ3v) is 2.81. The lowest BCUT2D eigenvalue weighted by atomic mass is 10.1. The Hall–Kier alpha value is -1.48. The molecule has 1 unspecified atom stereocenters. The zero-order valence-corrected chi connectivity index (χ0v) is 10.2. The molecule has 6 heteroatoms. The van der Waals surface area contributed by atoms with Gasteiger partial charge in [0.15, 0.2) is 0 Å². The number of amides is 1. The van der Waals surface area contributed by atoms with Crippen LogP contribution in [0.4, 0.5) is 8.78 Å². The van der Waals surface area contributed by atoms with E-state index < -0.39 is 5.66 Å². The summed E-state index contributed by atoms with van der Waals surface area (Å²) in [4.78, 5) is 14.2. The second-order valence-electron chi connectivity index (χ2n) is 3.69. The van der Waals surface area contributed by atoms with E-state index in [2.05, 4.69) is 10.3 Å². The van der Waals surface area contributed by atoms with E-state index in [1.165, 1.54) is 34.5 Å². The van der Waals surface area contributed by atoms with E-state index in [9.17, 15) is 13.6 Å². The second-order valence-corrected chi connectivity index (χ2v) is 4.41. The molecule has 0 saturated carbocycles. The van der Waals surface area contributed by atoms with Crippen LogP contribution in [-0.4, -0.2) is 17.9 Å². The Morgan fingerprint density at radius 2 is 2.12 bits per heavy atom. The van der Waals surface area contributed by atoms with Crippen molar-refractivity contribution in [3.05, 3.63) is 35.5 Å². The van der Waals surface area contributed by atoms with Crippen molar-refractivity contribution in [3.8, 4) is 0 Å². The van der Waals surface area contributed by atoms with Gasteiger partial charge in [-0.05, 0) is 18.2 Å². The molecular formula is C11H11F2N2OP. The van der Waals surface area contributed by atoms with Gasteiger partial charge in [0, 0.05) is 23.5 Å². The first-order chi connectivity index (χ1) is 7.91. The number of alkyl halides is 2. The monoisotopic (exact) mass is 256 g/mol. The molecule has 0 radical (unpaired) electrons. The Balaban J connectivity index is 2.52. The van der Waals surface area contributed by atoms with Crippen molar-refractivity contribution in [2.24, 2.45) is 0 Å². The Morgan fingerprint density at radius 1 is 1.41 bits per heavy atom. The van der Waals surface area contributed by atoms with Crippen LogP contribution >= 0.6 is 9.24 Å². The van der Waals surface area contributed by atoms with E-state index in [1.54, 1.807) is 6.07 Å². The van der Waals surface area contributed by atoms with Gasteiger partial charge in [-0.1, -0.05) is 15.3 Å². The van der Waals surface area contributed by atoms with Gasteiger partial charge in [0.25, 0.3) is 11.6 Å². The maximum absolute atomic E-state index is 13.1. The van der Waals surface area contributed by atoms with Crippen LogP contribution < -0.4 is 5.32 Å². The Morgan fingerprint density at radius 3 is 2.71 bits per heavy atom. The predicted molar refractivity (Wildman–Crippen MR) is 65.3 cm³/mol. The lowest BCUT2D eigenvalue weighted by molar-refractivity contribution is 0.0958. The number of fused-ring (bicyclic) bond motifs is 1. The first-order valence-electron chi connectivity index (χ1n) is 4.94. The van der Waals surface area contributed by atoms with Gasteiger partial charge in [-0.25, -0.2) is 0 Å². The van der Waals surface area contributed by atoms with Crippen LogP contribution in [0, 0.1) is 0 Å². The number of H-pyrrole nitrogens is 1. The minimum absolute atomic E-state index is 0.0996.